The lowest BCUT2D eigenvalue weighted by molar-refractivity contribution is 0.620. The first-order valence-electron chi connectivity index (χ1n) is 12.0. The highest BCUT2D eigenvalue weighted by atomic mass is 16.3. The van der Waals surface area contributed by atoms with Crippen molar-refractivity contribution in [2.75, 3.05) is 5.32 Å². The van der Waals surface area contributed by atoms with Gasteiger partial charge in [0.1, 0.15) is 5.52 Å². The lowest BCUT2D eigenvalue weighted by Gasteiger charge is -2.22. The van der Waals surface area contributed by atoms with Crippen LogP contribution in [0.1, 0.15) is 25.0 Å². The van der Waals surface area contributed by atoms with Gasteiger partial charge in [-0.05, 0) is 70.1 Å². The number of anilines is 2. The Labute approximate surface area is 204 Å². The van der Waals surface area contributed by atoms with Crippen molar-refractivity contribution >= 4 is 33.2 Å². The van der Waals surface area contributed by atoms with Crippen LogP contribution in [0.4, 0.5) is 11.4 Å². The van der Waals surface area contributed by atoms with E-state index in [4.69, 9.17) is 9.40 Å². The zero-order valence-corrected chi connectivity index (χ0v) is 19.7. The van der Waals surface area contributed by atoms with Gasteiger partial charge >= 0.3 is 0 Å². The molecule has 3 nitrogen and oxygen atoms in total. The summed E-state index contributed by atoms with van der Waals surface area (Å²) >= 11 is 0. The Bertz CT molecular complexity index is 1740. The molecule has 1 aliphatic rings. The van der Waals surface area contributed by atoms with Crippen LogP contribution in [0.15, 0.2) is 108 Å². The third-order valence-electron chi connectivity index (χ3n) is 7.29. The minimum atomic E-state index is -0.00932. The van der Waals surface area contributed by atoms with Crippen LogP contribution in [0, 0.1) is 0 Å². The maximum atomic E-state index is 6.09. The maximum Gasteiger partial charge on any atom is 0.227 e. The molecule has 35 heavy (non-hydrogen) atoms. The van der Waals surface area contributed by atoms with Crippen LogP contribution >= 0.6 is 0 Å². The molecule has 3 heteroatoms. The Balaban J connectivity index is 1.19. The van der Waals surface area contributed by atoms with E-state index >= 15 is 0 Å². The van der Waals surface area contributed by atoms with E-state index in [-0.39, 0.29) is 5.41 Å². The molecule has 0 bridgehead atoms. The molecule has 7 rings (SSSR count). The van der Waals surface area contributed by atoms with E-state index in [1.807, 2.05) is 18.2 Å². The molecule has 1 aromatic heterocycles. The number of fused-ring (bicyclic) bond motifs is 6. The number of nitrogens with one attached hydrogen (secondary N) is 1. The van der Waals surface area contributed by atoms with Crippen LogP contribution in [0.2, 0.25) is 0 Å². The molecule has 0 unspecified atom stereocenters. The standard InChI is InChI=1S/C32H24N2O/c1-32(2)27-10-6-5-9-25(27)26-17-16-23(19-28(26)32)33-22-14-11-21(12-15-22)31-34-30-24-8-4-3-7-20(24)13-18-29(30)35-31/h3-19,33H,1-2H3. The van der Waals surface area contributed by atoms with Crippen molar-refractivity contribution in [3.63, 3.8) is 0 Å². The SMILES string of the molecule is CC1(C)c2ccccc2-c2ccc(Nc3ccc(-c4nc5c(ccc6ccccc65)o4)cc3)cc21. The zero-order chi connectivity index (χ0) is 23.6. The largest absolute Gasteiger partial charge is 0.436 e. The van der Waals surface area contributed by atoms with Crippen molar-refractivity contribution in [1.82, 2.24) is 4.98 Å². The molecule has 0 saturated carbocycles. The van der Waals surface area contributed by atoms with Gasteiger partial charge in [-0.2, -0.15) is 0 Å². The summed E-state index contributed by atoms with van der Waals surface area (Å²) in [4.78, 5) is 4.81. The molecular formula is C32H24N2O. The molecule has 1 aliphatic carbocycles. The highest BCUT2D eigenvalue weighted by molar-refractivity contribution is 6.04. The smallest absolute Gasteiger partial charge is 0.227 e. The maximum absolute atomic E-state index is 6.09. The second-order valence-electron chi connectivity index (χ2n) is 9.79. The Morgan fingerprint density at radius 1 is 0.686 bits per heavy atom. The quantitative estimate of drug-likeness (QED) is 0.292. The molecule has 0 saturated heterocycles. The number of rotatable bonds is 3. The summed E-state index contributed by atoms with van der Waals surface area (Å²) < 4.78 is 6.09. The van der Waals surface area contributed by atoms with E-state index in [0.717, 1.165) is 33.4 Å². The Morgan fingerprint density at radius 2 is 1.43 bits per heavy atom. The van der Waals surface area contributed by atoms with E-state index in [0.29, 0.717) is 5.89 Å². The van der Waals surface area contributed by atoms with Gasteiger partial charge in [-0.1, -0.05) is 74.5 Å². The Morgan fingerprint density at radius 3 is 2.31 bits per heavy atom. The summed E-state index contributed by atoms with van der Waals surface area (Å²) in [6.07, 6.45) is 0. The molecule has 1 N–H and O–H groups in total. The molecule has 0 amide bonds. The fourth-order valence-electron chi connectivity index (χ4n) is 5.43. The first kappa shape index (κ1) is 20.0. The highest BCUT2D eigenvalue weighted by Gasteiger charge is 2.35. The Kier molecular flexibility index (Phi) is 4.19. The number of benzene rings is 5. The van der Waals surface area contributed by atoms with Gasteiger partial charge in [0.05, 0.1) is 0 Å². The minimum absolute atomic E-state index is 0.00932. The summed E-state index contributed by atoms with van der Waals surface area (Å²) in [7, 11) is 0. The van der Waals surface area contributed by atoms with E-state index in [9.17, 15) is 0 Å². The monoisotopic (exact) mass is 452 g/mol. The average Bonchev–Trinajstić information content (AvgIpc) is 3.43. The molecule has 0 aliphatic heterocycles. The normalized spacial score (nSPS) is 13.7. The molecule has 168 valence electrons. The van der Waals surface area contributed by atoms with Gasteiger partial charge in [0.15, 0.2) is 5.58 Å². The van der Waals surface area contributed by atoms with Crippen LogP contribution < -0.4 is 5.32 Å². The van der Waals surface area contributed by atoms with Crippen LogP contribution in [-0.4, -0.2) is 4.98 Å². The number of hydrogen-bond acceptors (Lipinski definition) is 3. The van der Waals surface area contributed by atoms with Gasteiger partial charge in [-0.3, -0.25) is 0 Å². The van der Waals surface area contributed by atoms with Crippen LogP contribution in [0.3, 0.4) is 0 Å². The molecule has 6 aromatic rings. The van der Waals surface area contributed by atoms with Gasteiger partial charge in [0.2, 0.25) is 5.89 Å². The van der Waals surface area contributed by atoms with Crippen molar-refractivity contribution in [3.05, 3.63) is 114 Å². The number of oxazole rings is 1. The van der Waals surface area contributed by atoms with Crippen molar-refractivity contribution in [3.8, 4) is 22.6 Å². The first-order chi connectivity index (χ1) is 17.1. The van der Waals surface area contributed by atoms with Gasteiger partial charge in [0, 0.05) is 27.7 Å². The molecule has 1 heterocycles. The lowest BCUT2D eigenvalue weighted by Crippen LogP contribution is -2.15. The highest BCUT2D eigenvalue weighted by Crippen LogP contribution is 2.49. The van der Waals surface area contributed by atoms with E-state index in [1.165, 1.54) is 27.6 Å². The fraction of sp³-hybridized carbons (Fsp3) is 0.0938. The Hall–Kier alpha value is -4.37. The van der Waals surface area contributed by atoms with Crippen molar-refractivity contribution in [2.45, 2.75) is 19.3 Å². The van der Waals surface area contributed by atoms with Crippen molar-refractivity contribution in [1.29, 1.82) is 0 Å². The minimum Gasteiger partial charge on any atom is -0.436 e. The van der Waals surface area contributed by atoms with E-state index in [1.54, 1.807) is 0 Å². The molecular weight excluding hydrogens is 428 g/mol. The van der Waals surface area contributed by atoms with Crippen molar-refractivity contribution in [2.24, 2.45) is 0 Å². The molecule has 0 spiro atoms. The third kappa shape index (κ3) is 3.08. The summed E-state index contributed by atoms with van der Waals surface area (Å²) in [6.45, 7) is 4.61. The summed E-state index contributed by atoms with van der Waals surface area (Å²) in [6, 6.07) is 36.0. The van der Waals surface area contributed by atoms with Gasteiger partial charge in [0.25, 0.3) is 0 Å². The average molecular weight is 453 g/mol. The van der Waals surface area contributed by atoms with Crippen LogP contribution in [-0.2, 0) is 5.41 Å². The molecule has 0 radical (unpaired) electrons. The lowest BCUT2D eigenvalue weighted by atomic mass is 9.82. The summed E-state index contributed by atoms with van der Waals surface area (Å²) in [5, 5.41) is 5.85. The molecule has 5 aromatic carbocycles. The fourth-order valence-corrected chi connectivity index (χ4v) is 5.43. The van der Waals surface area contributed by atoms with E-state index in [2.05, 4.69) is 104 Å². The summed E-state index contributed by atoms with van der Waals surface area (Å²) in [5.41, 5.74) is 10.2. The predicted octanol–water partition coefficient (Wildman–Crippen LogP) is 8.70. The summed E-state index contributed by atoms with van der Waals surface area (Å²) in [5.74, 6) is 0.639. The number of aromatic nitrogens is 1. The second-order valence-corrected chi connectivity index (χ2v) is 9.79. The van der Waals surface area contributed by atoms with Crippen LogP contribution in [0.25, 0.3) is 44.5 Å². The topological polar surface area (TPSA) is 38.1 Å². The zero-order valence-electron chi connectivity index (χ0n) is 19.7. The molecule has 0 atom stereocenters. The third-order valence-corrected chi connectivity index (χ3v) is 7.29. The first-order valence-corrected chi connectivity index (χ1v) is 12.0. The predicted molar refractivity (Wildman–Crippen MR) is 144 cm³/mol. The number of hydrogen-bond donors (Lipinski definition) is 1. The second kappa shape index (κ2) is 7.31. The number of nitrogens with zero attached hydrogens (tertiary/aromatic N) is 1. The van der Waals surface area contributed by atoms with Crippen molar-refractivity contribution < 1.29 is 4.42 Å². The van der Waals surface area contributed by atoms with Gasteiger partial charge < -0.3 is 9.73 Å². The van der Waals surface area contributed by atoms with Gasteiger partial charge in [-0.15, -0.1) is 0 Å². The van der Waals surface area contributed by atoms with E-state index < -0.39 is 0 Å². The van der Waals surface area contributed by atoms with Gasteiger partial charge in [-0.25, -0.2) is 4.98 Å². The molecule has 0 fully saturated rings. The van der Waals surface area contributed by atoms with Crippen LogP contribution in [0.5, 0.6) is 0 Å².